The molecule has 0 fully saturated rings. The van der Waals surface area contributed by atoms with Crippen LogP contribution in [0.25, 0.3) is 0 Å². The molecule has 0 amide bonds. The van der Waals surface area contributed by atoms with E-state index in [9.17, 15) is 0 Å². The molecule has 1 aliphatic heterocycles. The zero-order valence-electron chi connectivity index (χ0n) is 18.0. The number of hydrogen-bond donors (Lipinski definition) is 0. The lowest BCUT2D eigenvalue weighted by atomic mass is 9.62. The van der Waals surface area contributed by atoms with E-state index in [1.54, 1.807) is 0 Å². The van der Waals surface area contributed by atoms with E-state index in [2.05, 4.69) is 154 Å². The third kappa shape index (κ3) is 2.98. The summed E-state index contributed by atoms with van der Waals surface area (Å²) >= 11 is 3.81. The summed E-state index contributed by atoms with van der Waals surface area (Å²) in [5, 5.41) is 0. The van der Waals surface area contributed by atoms with Gasteiger partial charge in [-0.1, -0.05) is 109 Å². The number of halogens is 1. The Morgan fingerprint density at radius 1 is 0.424 bits per heavy atom. The van der Waals surface area contributed by atoms with Crippen LogP contribution in [0.3, 0.4) is 0 Å². The topological polar surface area (TPSA) is 3.24 Å². The fraction of sp³-hybridized carbons (Fsp3) is 0.0323. The summed E-state index contributed by atoms with van der Waals surface area (Å²) < 4.78 is 1.07. The Hall–Kier alpha value is -3.62. The van der Waals surface area contributed by atoms with E-state index < -0.39 is 5.41 Å². The first-order valence-electron chi connectivity index (χ1n) is 11.2. The van der Waals surface area contributed by atoms with Gasteiger partial charge in [0.15, 0.2) is 0 Å². The van der Waals surface area contributed by atoms with Crippen LogP contribution in [-0.4, -0.2) is 0 Å². The molecular formula is C31H22BrN. The highest BCUT2D eigenvalue weighted by Gasteiger charge is 2.46. The number of fused-ring (bicyclic) bond motifs is 2. The van der Waals surface area contributed by atoms with Gasteiger partial charge in [0.2, 0.25) is 0 Å². The number of benzene rings is 5. The third-order valence-electron chi connectivity index (χ3n) is 6.60. The van der Waals surface area contributed by atoms with Crippen molar-refractivity contribution in [3.05, 3.63) is 160 Å². The van der Waals surface area contributed by atoms with Gasteiger partial charge in [0.05, 0.1) is 22.5 Å². The first-order valence-corrected chi connectivity index (χ1v) is 12.0. The standard InChI is InChI=1S/C31H22BrN/c32-27-19-9-12-22-30(27)33-28-20-10-7-17-25(28)31(23-13-3-1-4-14-23,24-15-5-2-6-16-24)26-18-8-11-21-29(26)33/h1-22H. The Bertz CT molecular complexity index is 1340. The summed E-state index contributed by atoms with van der Waals surface area (Å²) in [4.78, 5) is 2.39. The summed E-state index contributed by atoms with van der Waals surface area (Å²) in [5.41, 5.74) is 8.17. The molecule has 0 unspecified atom stereocenters. The van der Waals surface area contributed by atoms with Gasteiger partial charge in [-0.05, 0) is 62.4 Å². The lowest BCUT2D eigenvalue weighted by Gasteiger charge is -2.46. The molecule has 1 aliphatic rings. The van der Waals surface area contributed by atoms with Crippen LogP contribution in [0, 0.1) is 0 Å². The van der Waals surface area contributed by atoms with Gasteiger partial charge < -0.3 is 4.90 Å². The molecule has 0 aliphatic carbocycles. The normalized spacial score (nSPS) is 13.8. The largest absolute Gasteiger partial charge is 0.309 e. The minimum atomic E-state index is -0.423. The van der Waals surface area contributed by atoms with E-state index in [0.29, 0.717) is 0 Å². The smallest absolute Gasteiger partial charge is 0.0742 e. The van der Waals surface area contributed by atoms with Crippen molar-refractivity contribution in [2.75, 3.05) is 4.90 Å². The molecule has 2 heteroatoms. The van der Waals surface area contributed by atoms with E-state index in [0.717, 1.165) is 10.2 Å². The molecule has 33 heavy (non-hydrogen) atoms. The molecule has 0 bridgehead atoms. The maximum Gasteiger partial charge on any atom is 0.0742 e. The number of anilines is 3. The summed E-state index contributed by atoms with van der Waals surface area (Å²) in [6.45, 7) is 0. The van der Waals surface area contributed by atoms with Crippen molar-refractivity contribution < 1.29 is 0 Å². The predicted molar refractivity (Wildman–Crippen MR) is 141 cm³/mol. The van der Waals surface area contributed by atoms with Crippen molar-refractivity contribution in [1.82, 2.24) is 0 Å². The lowest BCUT2D eigenvalue weighted by molar-refractivity contribution is 0.731. The summed E-state index contributed by atoms with van der Waals surface area (Å²) in [5.74, 6) is 0. The molecule has 0 radical (unpaired) electrons. The van der Waals surface area contributed by atoms with E-state index >= 15 is 0 Å². The van der Waals surface area contributed by atoms with Crippen LogP contribution in [0.2, 0.25) is 0 Å². The van der Waals surface area contributed by atoms with Gasteiger partial charge in [0, 0.05) is 4.47 Å². The van der Waals surface area contributed by atoms with Crippen LogP contribution >= 0.6 is 15.9 Å². The molecule has 0 saturated carbocycles. The fourth-order valence-corrected chi connectivity index (χ4v) is 5.77. The number of nitrogens with zero attached hydrogens (tertiary/aromatic N) is 1. The summed E-state index contributed by atoms with van der Waals surface area (Å²) in [6.07, 6.45) is 0. The lowest BCUT2D eigenvalue weighted by Crippen LogP contribution is -2.37. The van der Waals surface area contributed by atoms with Gasteiger partial charge in [0.1, 0.15) is 0 Å². The molecule has 5 aromatic rings. The van der Waals surface area contributed by atoms with Crippen molar-refractivity contribution >= 4 is 33.0 Å². The average Bonchev–Trinajstić information content (AvgIpc) is 2.89. The fourth-order valence-electron chi connectivity index (χ4n) is 5.30. The van der Waals surface area contributed by atoms with E-state index in [4.69, 9.17) is 0 Å². The van der Waals surface area contributed by atoms with Gasteiger partial charge in [-0.15, -0.1) is 0 Å². The maximum atomic E-state index is 3.81. The van der Waals surface area contributed by atoms with Crippen LogP contribution < -0.4 is 4.90 Å². The highest BCUT2D eigenvalue weighted by atomic mass is 79.9. The van der Waals surface area contributed by atoms with E-state index in [1.807, 2.05) is 0 Å². The predicted octanol–water partition coefficient (Wildman–Crippen LogP) is 8.62. The molecule has 158 valence electrons. The second-order valence-corrected chi connectivity index (χ2v) is 9.16. The second kappa shape index (κ2) is 8.06. The van der Waals surface area contributed by atoms with Crippen LogP contribution in [0.1, 0.15) is 22.3 Å². The zero-order valence-corrected chi connectivity index (χ0v) is 19.6. The van der Waals surface area contributed by atoms with Crippen molar-refractivity contribution in [2.45, 2.75) is 5.41 Å². The SMILES string of the molecule is Brc1ccccc1N1c2ccccc2C(c2ccccc2)(c2ccccc2)c2ccccc21. The first kappa shape index (κ1) is 20.0. The Kier molecular flexibility index (Phi) is 4.89. The molecule has 1 nitrogen and oxygen atoms in total. The van der Waals surface area contributed by atoms with Crippen molar-refractivity contribution in [3.8, 4) is 0 Å². The van der Waals surface area contributed by atoms with E-state index in [-0.39, 0.29) is 0 Å². The van der Waals surface area contributed by atoms with Gasteiger partial charge >= 0.3 is 0 Å². The van der Waals surface area contributed by atoms with Crippen molar-refractivity contribution in [1.29, 1.82) is 0 Å². The van der Waals surface area contributed by atoms with Gasteiger partial charge in [-0.3, -0.25) is 0 Å². The number of hydrogen-bond acceptors (Lipinski definition) is 1. The highest BCUT2D eigenvalue weighted by molar-refractivity contribution is 9.10. The van der Waals surface area contributed by atoms with Gasteiger partial charge in [-0.2, -0.15) is 0 Å². The third-order valence-corrected chi connectivity index (χ3v) is 7.28. The molecule has 1 heterocycles. The Morgan fingerprint density at radius 2 is 0.818 bits per heavy atom. The Morgan fingerprint density at radius 3 is 1.30 bits per heavy atom. The molecule has 5 aromatic carbocycles. The molecule has 6 rings (SSSR count). The van der Waals surface area contributed by atoms with E-state index in [1.165, 1.54) is 33.6 Å². The quantitative estimate of drug-likeness (QED) is 0.241. The zero-order chi connectivity index (χ0) is 22.3. The molecule has 0 saturated heterocycles. The Balaban J connectivity index is 1.79. The van der Waals surface area contributed by atoms with Crippen LogP contribution in [0.5, 0.6) is 0 Å². The molecule has 0 spiro atoms. The van der Waals surface area contributed by atoms with Gasteiger partial charge in [0.25, 0.3) is 0 Å². The summed E-state index contributed by atoms with van der Waals surface area (Å²) in [7, 11) is 0. The van der Waals surface area contributed by atoms with Crippen molar-refractivity contribution in [2.24, 2.45) is 0 Å². The van der Waals surface area contributed by atoms with Gasteiger partial charge in [-0.25, -0.2) is 0 Å². The van der Waals surface area contributed by atoms with Crippen LogP contribution in [0.15, 0.2) is 138 Å². The monoisotopic (exact) mass is 487 g/mol. The van der Waals surface area contributed by atoms with Crippen molar-refractivity contribution in [3.63, 3.8) is 0 Å². The average molecular weight is 488 g/mol. The Labute approximate surface area is 203 Å². The minimum Gasteiger partial charge on any atom is -0.309 e. The molecule has 0 aromatic heterocycles. The first-order chi connectivity index (χ1) is 16.3. The molecule has 0 N–H and O–H groups in total. The van der Waals surface area contributed by atoms with Crippen LogP contribution in [-0.2, 0) is 5.41 Å². The summed E-state index contributed by atoms with van der Waals surface area (Å²) in [6, 6.07) is 47.9. The minimum absolute atomic E-state index is 0.423. The molecular weight excluding hydrogens is 466 g/mol. The van der Waals surface area contributed by atoms with Crippen LogP contribution in [0.4, 0.5) is 17.1 Å². The maximum absolute atomic E-state index is 3.81. The molecule has 0 atom stereocenters. The number of rotatable bonds is 3. The highest BCUT2D eigenvalue weighted by Crippen LogP contribution is 2.57. The number of para-hydroxylation sites is 3. The second-order valence-electron chi connectivity index (χ2n) is 8.30.